The number of rotatable bonds is 6. The van der Waals surface area contributed by atoms with Crippen molar-refractivity contribution in [3.8, 4) is 11.1 Å². The summed E-state index contributed by atoms with van der Waals surface area (Å²) in [7, 11) is 0. The van der Waals surface area contributed by atoms with E-state index in [4.69, 9.17) is 0 Å². The van der Waals surface area contributed by atoms with Crippen LogP contribution in [0, 0.1) is 11.8 Å². The van der Waals surface area contributed by atoms with Gasteiger partial charge in [-0.2, -0.15) is 0 Å². The Morgan fingerprint density at radius 3 is 1.57 bits per heavy atom. The van der Waals surface area contributed by atoms with Gasteiger partial charge >= 0.3 is 0 Å². The van der Waals surface area contributed by atoms with Gasteiger partial charge in [-0.25, -0.2) is 0 Å². The van der Waals surface area contributed by atoms with Gasteiger partial charge in [0, 0.05) is 33.6 Å². The van der Waals surface area contributed by atoms with Crippen LogP contribution in [0.5, 0.6) is 0 Å². The van der Waals surface area contributed by atoms with E-state index in [0.29, 0.717) is 11.8 Å². The number of anilines is 6. The molecule has 0 radical (unpaired) electrons. The monoisotopic (exact) mass is 746 g/mol. The minimum atomic E-state index is -0.110. The van der Waals surface area contributed by atoms with Crippen molar-refractivity contribution in [2.75, 3.05) is 9.80 Å². The van der Waals surface area contributed by atoms with Crippen molar-refractivity contribution >= 4 is 44.9 Å². The Morgan fingerprint density at radius 1 is 0.414 bits per heavy atom. The molecule has 280 valence electrons. The molecule has 4 aliphatic carbocycles. The van der Waals surface area contributed by atoms with Crippen molar-refractivity contribution in [1.29, 1.82) is 0 Å². The van der Waals surface area contributed by atoms with Crippen molar-refractivity contribution in [3.05, 3.63) is 215 Å². The SMILES string of the molecule is CC1(C)c2ccccc2-c2ccc(N(c3ccccc3)c3cccc4c3C35c6c(cccc6N(c6ccccc6)c6ccc7ccccc7c6)CC3CCC5C4)cc21. The van der Waals surface area contributed by atoms with Crippen LogP contribution in [0.3, 0.4) is 0 Å². The average Bonchev–Trinajstić information content (AvgIpc) is 3.96. The molecule has 2 nitrogen and oxygen atoms in total. The lowest BCUT2D eigenvalue weighted by Crippen LogP contribution is -2.34. The Hall–Kier alpha value is -6.38. The summed E-state index contributed by atoms with van der Waals surface area (Å²) in [4.78, 5) is 5.16. The quantitative estimate of drug-likeness (QED) is 0.167. The van der Waals surface area contributed by atoms with Gasteiger partial charge in [0.2, 0.25) is 0 Å². The van der Waals surface area contributed by atoms with E-state index in [1.54, 1.807) is 11.1 Å². The number of hydrogen-bond donors (Lipinski definition) is 0. The van der Waals surface area contributed by atoms with E-state index in [1.165, 1.54) is 91.1 Å². The lowest BCUT2D eigenvalue weighted by Gasteiger charge is -2.40. The predicted molar refractivity (Wildman–Crippen MR) is 242 cm³/mol. The molecule has 8 aromatic carbocycles. The maximum absolute atomic E-state index is 2.60. The fourth-order valence-corrected chi connectivity index (χ4v) is 12.2. The zero-order chi connectivity index (χ0) is 38.6. The summed E-state index contributed by atoms with van der Waals surface area (Å²) in [5.41, 5.74) is 18.9. The first-order valence-corrected chi connectivity index (χ1v) is 21.2. The molecule has 0 amide bonds. The summed E-state index contributed by atoms with van der Waals surface area (Å²) in [5.74, 6) is 1.08. The lowest BCUT2D eigenvalue weighted by atomic mass is 9.68. The fraction of sp³-hybridized carbons (Fsp3) is 0.179. The third-order valence-corrected chi connectivity index (χ3v) is 14.5. The molecule has 1 fully saturated rings. The van der Waals surface area contributed by atoms with Crippen LogP contribution < -0.4 is 9.80 Å². The maximum Gasteiger partial charge on any atom is 0.0505 e. The van der Waals surface area contributed by atoms with Crippen LogP contribution in [-0.4, -0.2) is 0 Å². The van der Waals surface area contributed by atoms with Crippen LogP contribution >= 0.6 is 0 Å². The van der Waals surface area contributed by atoms with Crippen molar-refractivity contribution in [2.24, 2.45) is 11.8 Å². The van der Waals surface area contributed by atoms with Crippen molar-refractivity contribution in [2.45, 2.75) is 50.4 Å². The normalized spacial score (nSPS) is 20.2. The standard InChI is InChI=1S/C56H46N2/c1-55(2)49-24-12-11-23-47(49)48-32-31-46(36-50(48)55)58(44-21-7-4-8-22-44)52-26-14-18-40-34-42-29-28-41-33-39-17-13-25-51(53(39)56(41,42)54(40)52)57(43-19-5-3-6-20-43)45-30-27-37-15-9-10-16-38(37)35-45/h3-27,30-32,35-36,41-42H,28-29,33-34H2,1-2H3. The third-order valence-electron chi connectivity index (χ3n) is 14.5. The molecule has 0 bridgehead atoms. The topological polar surface area (TPSA) is 6.48 Å². The lowest BCUT2D eigenvalue weighted by molar-refractivity contribution is 0.350. The molecule has 0 heterocycles. The first-order valence-electron chi connectivity index (χ1n) is 21.2. The minimum absolute atomic E-state index is 0.0911. The Bertz CT molecular complexity index is 2900. The van der Waals surface area contributed by atoms with Crippen LogP contribution in [0.4, 0.5) is 34.1 Å². The second kappa shape index (κ2) is 12.6. The van der Waals surface area contributed by atoms with E-state index in [2.05, 4.69) is 206 Å². The molecule has 0 saturated heterocycles. The van der Waals surface area contributed by atoms with Gasteiger partial charge in [-0.15, -0.1) is 0 Å². The van der Waals surface area contributed by atoms with Gasteiger partial charge < -0.3 is 9.80 Å². The summed E-state index contributed by atoms with van der Waals surface area (Å²) in [6, 6.07) is 68.6. The van der Waals surface area contributed by atoms with Crippen molar-refractivity contribution < 1.29 is 0 Å². The van der Waals surface area contributed by atoms with E-state index in [0.717, 1.165) is 12.8 Å². The molecule has 2 heteroatoms. The highest BCUT2D eigenvalue weighted by atomic mass is 15.2. The second-order valence-corrected chi connectivity index (χ2v) is 17.6. The van der Waals surface area contributed by atoms with Gasteiger partial charge in [-0.1, -0.05) is 135 Å². The Labute approximate surface area is 342 Å². The highest BCUT2D eigenvalue weighted by Gasteiger charge is 2.62. The van der Waals surface area contributed by atoms with Gasteiger partial charge in [0.1, 0.15) is 0 Å². The molecule has 58 heavy (non-hydrogen) atoms. The van der Waals surface area contributed by atoms with E-state index >= 15 is 0 Å². The molecule has 8 aromatic rings. The van der Waals surface area contributed by atoms with Crippen molar-refractivity contribution in [3.63, 3.8) is 0 Å². The van der Waals surface area contributed by atoms with Crippen LogP contribution in [0.15, 0.2) is 182 Å². The predicted octanol–water partition coefficient (Wildman–Crippen LogP) is 14.5. The van der Waals surface area contributed by atoms with Crippen molar-refractivity contribution in [1.82, 2.24) is 0 Å². The molecule has 1 saturated carbocycles. The van der Waals surface area contributed by atoms with E-state index < -0.39 is 0 Å². The smallest absolute Gasteiger partial charge is 0.0505 e. The van der Waals surface area contributed by atoms with Crippen LogP contribution in [0.1, 0.15) is 60.1 Å². The van der Waals surface area contributed by atoms with E-state index in [1.807, 2.05) is 0 Å². The van der Waals surface area contributed by atoms with Gasteiger partial charge in [-0.05, 0) is 153 Å². The minimum Gasteiger partial charge on any atom is -0.310 e. The number of fused-ring (bicyclic) bond motifs is 6. The van der Waals surface area contributed by atoms with E-state index in [-0.39, 0.29) is 10.8 Å². The summed E-state index contributed by atoms with van der Waals surface area (Å²) in [6.45, 7) is 4.79. The Morgan fingerprint density at radius 2 is 0.931 bits per heavy atom. The molecular formula is C56H46N2. The van der Waals surface area contributed by atoms with Gasteiger partial charge in [0.15, 0.2) is 0 Å². The zero-order valence-electron chi connectivity index (χ0n) is 33.2. The maximum atomic E-state index is 2.60. The van der Waals surface area contributed by atoms with E-state index in [9.17, 15) is 0 Å². The summed E-state index contributed by atoms with van der Waals surface area (Å²) in [6.07, 6.45) is 4.74. The average molecular weight is 747 g/mol. The summed E-state index contributed by atoms with van der Waals surface area (Å²) >= 11 is 0. The molecule has 0 N–H and O–H groups in total. The fourth-order valence-electron chi connectivity index (χ4n) is 12.2. The molecule has 0 aliphatic heterocycles. The Balaban J connectivity index is 1.10. The van der Waals surface area contributed by atoms with Gasteiger partial charge in [0.05, 0.1) is 11.4 Å². The molecule has 3 unspecified atom stereocenters. The Kier molecular flexibility index (Phi) is 7.30. The zero-order valence-corrected chi connectivity index (χ0v) is 33.2. The largest absolute Gasteiger partial charge is 0.310 e. The first-order chi connectivity index (χ1) is 28.5. The number of hydrogen-bond acceptors (Lipinski definition) is 2. The number of nitrogens with zero attached hydrogens (tertiary/aromatic N) is 2. The molecule has 4 aliphatic rings. The third kappa shape index (κ3) is 4.66. The van der Waals surface area contributed by atoms with Crippen LogP contribution in [0.25, 0.3) is 21.9 Å². The van der Waals surface area contributed by atoms with Crippen LogP contribution in [-0.2, 0) is 23.7 Å². The second-order valence-electron chi connectivity index (χ2n) is 17.6. The number of benzene rings is 8. The molecule has 1 spiro atoms. The summed E-state index contributed by atoms with van der Waals surface area (Å²) in [5, 5.41) is 2.53. The van der Waals surface area contributed by atoms with Gasteiger partial charge in [0.25, 0.3) is 0 Å². The molecule has 0 aromatic heterocycles. The van der Waals surface area contributed by atoms with Gasteiger partial charge in [-0.3, -0.25) is 0 Å². The molecule has 3 atom stereocenters. The molecule has 12 rings (SSSR count). The summed E-state index contributed by atoms with van der Waals surface area (Å²) < 4.78 is 0. The number of para-hydroxylation sites is 2. The van der Waals surface area contributed by atoms with Crippen LogP contribution in [0.2, 0.25) is 0 Å². The molecular weight excluding hydrogens is 701 g/mol. The highest BCUT2D eigenvalue weighted by molar-refractivity contribution is 5.92. The highest BCUT2D eigenvalue weighted by Crippen LogP contribution is 2.69. The first kappa shape index (κ1) is 33.7.